The van der Waals surface area contributed by atoms with E-state index >= 15 is 0 Å². The number of pyridine rings is 1. The summed E-state index contributed by atoms with van der Waals surface area (Å²) in [5.74, 6) is 0. The smallest absolute Gasteiger partial charge is 0.207 e. The van der Waals surface area contributed by atoms with Gasteiger partial charge >= 0.3 is 0 Å². The Bertz CT molecular complexity index is 778. The van der Waals surface area contributed by atoms with Crippen molar-refractivity contribution in [3.63, 3.8) is 0 Å². The Kier molecular flexibility index (Phi) is 3.10. The molecular formula is C16H12ClNO. The Morgan fingerprint density at radius 1 is 1.00 bits per heavy atom. The number of hydrogen-bond acceptors (Lipinski definition) is 1. The summed E-state index contributed by atoms with van der Waals surface area (Å²) in [6.07, 6.45) is 2.34. The summed E-state index contributed by atoms with van der Waals surface area (Å²) in [7, 11) is 0. The fourth-order valence-electron chi connectivity index (χ4n) is 2.25. The van der Waals surface area contributed by atoms with E-state index < -0.39 is 0 Å². The van der Waals surface area contributed by atoms with Crippen molar-refractivity contribution in [3.8, 4) is 0 Å². The molecule has 0 radical (unpaired) electrons. The first-order valence-corrected chi connectivity index (χ1v) is 6.46. The number of fused-ring (bicyclic) bond motifs is 1. The highest BCUT2D eigenvalue weighted by Crippen LogP contribution is 2.18. The molecule has 0 unspecified atom stereocenters. The third kappa shape index (κ3) is 2.27. The van der Waals surface area contributed by atoms with E-state index in [0.29, 0.717) is 5.39 Å². The second-order valence-electron chi connectivity index (χ2n) is 4.47. The number of halogens is 1. The second kappa shape index (κ2) is 4.90. The zero-order chi connectivity index (χ0) is 13.2. The summed E-state index contributed by atoms with van der Waals surface area (Å²) in [6, 6.07) is 15.9. The normalized spacial score (nSPS) is 10.8. The lowest BCUT2D eigenvalue weighted by Crippen LogP contribution is -2.04. The third-order valence-corrected chi connectivity index (χ3v) is 3.47. The van der Waals surface area contributed by atoms with Gasteiger partial charge in [0.05, 0.1) is 5.52 Å². The summed E-state index contributed by atoms with van der Waals surface area (Å²) in [5.41, 5.74) is 3.05. The lowest BCUT2D eigenvalue weighted by Gasteiger charge is -2.06. The lowest BCUT2D eigenvalue weighted by molar-refractivity contribution is 1.19. The molecule has 2 nitrogen and oxygen atoms in total. The minimum Gasteiger partial charge on any atom is -0.359 e. The van der Waals surface area contributed by atoms with E-state index in [2.05, 4.69) is 17.1 Å². The maximum Gasteiger partial charge on any atom is 0.207 e. The Morgan fingerprint density at radius 2 is 1.79 bits per heavy atom. The zero-order valence-electron chi connectivity index (χ0n) is 10.2. The molecule has 0 fully saturated rings. The number of H-pyrrole nitrogens is 1. The van der Waals surface area contributed by atoms with Crippen LogP contribution in [0.25, 0.3) is 10.9 Å². The van der Waals surface area contributed by atoms with Crippen molar-refractivity contribution < 1.29 is 0 Å². The minimum absolute atomic E-state index is 0.120. The fourth-order valence-corrected chi connectivity index (χ4v) is 2.41. The van der Waals surface area contributed by atoms with E-state index in [1.54, 1.807) is 12.3 Å². The number of nitrogens with one attached hydrogen (secondary N) is 1. The lowest BCUT2D eigenvalue weighted by atomic mass is 10.0. The van der Waals surface area contributed by atoms with Crippen molar-refractivity contribution in [1.82, 2.24) is 4.98 Å². The first-order valence-electron chi connectivity index (χ1n) is 6.08. The fraction of sp³-hybridized carbons (Fsp3) is 0.0625. The summed E-state index contributed by atoms with van der Waals surface area (Å²) in [4.78, 5) is 15.1. The Balaban J connectivity index is 2.15. The number of aromatic nitrogens is 1. The second-order valence-corrected chi connectivity index (χ2v) is 4.88. The molecule has 19 heavy (non-hydrogen) atoms. The summed E-state index contributed by atoms with van der Waals surface area (Å²) in [6.45, 7) is 0. The van der Waals surface area contributed by atoms with Crippen LogP contribution in [0, 0.1) is 0 Å². The maximum absolute atomic E-state index is 12.0. The third-order valence-electron chi connectivity index (χ3n) is 3.19. The molecule has 3 heteroatoms. The monoisotopic (exact) mass is 269 g/mol. The van der Waals surface area contributed by atoms with Gasteiger partial charge in [-0.05, 0) is 23.6 Å². The van der Waals surface area contributed by atoms with Gasteiger partial charge in [-0.2, -0.15) is 0 Å². The van der Waals surface area contributed by atoms with Gasteiger partial charge in [-0.3, -0.25) is 4.79 Å². The molecule has 0 saturated carbocycles. The molecule has 94 valence electrons. The van der Waals surface area contributed by atoms with E-state index in [4.69, 9.17) is 11.6 Å². The Morgan fingerprint density at radius 3 is 2.58 bits per heavy atom. The van der Waals surface area contributed by atoms with E-state index in [0.717, 1.165) is 17.5 Å². The largest absolute Gasteiger partial charge is 0.359 e. The van der Waals surface area contributed by atoms with E-state index in [1.807, 2.05) is 30.3 Å². The van der Waals surface area contributed by atoms with Crippen LogP contribution in [0.4, 0.5) is 0 Å². The highest BCUT2D eigenvalue weighted by molar-refractivity contribution is 6.31. The van der Waals surface area contributed by atoms with Crippen LogP contribution < -0.4 is 5.43 Å². The molecule has 0 spiro atoms. The van der Waals surface area contributed by atoms with Crippen LogP contribution in [-0.2, 0) is 6.42 Å². The van der Waals surface area contributed by atoms with Gasteiger partial charge in [-0.1, -0.05) is 54.1 Å². The Hall–Kier alpha value is -2.06. The maximum atomic E-state index is 12.0. The molecule has 3 aromatic rings. The summed E-state index contributed by atoms with van der Waals surface area (Å²) < 4.78 is 0. The summed E-state index contributed by atoms with van der Waals surface area (Å²) in [5, 5.41) is 0.866. The van der Waals surface area contributed by atoms with Crippen molar-refractivity contribution in [2.24, 2.45) is 0 Å². The molecule has 2 aromatic carbocycles. The van der Waals surface area contributed by atoms with E-state index in [-0.39, 0.29) is 10.5 Å². The van der Waals surface area contributed by atoms with Crippen LogP contribution in [0.5, 0.6) is 0 Å². The van der Waals surface area contributed by atoms with Crippen LogP contribution in [0.2, 0.25) is 5.02 Å². The zero-order valence-corrected chi connectivity index (χ0v) is 10.9. The standard InChI is InChI=1S/C16H12ClNO/c17-14-10-18-15-12(7-4-8-13(15)16(14)19)9-11-5-2-1-3-6-11/h1-8,10H,9H2,(H,18,19). The van der Waals surface area contributed by atoms with Crippen LogP contribution >= 0.6 is 11.6 Å². The van der Waals surface area contributed by atoms with Gasteiger partial charge in [-0.25, -0.2) is 0 Å². The molecule has 3 rings (SSSR count). The molecule has 0 aliphatic heterocycles. The van der Waals surface area contributed by atoms with Crippen LogP contribution in [-0.4, -0.2) is 4.98 Å². The van der Waals surface area contributed by atoms with Gasteiger partial charge in [0.25, 0.3) is 0 Å². The van der Waals surface area contributed by atoms with Gasteiger partial charge in [0.2, 0.25) is 5.43 Å². The van der Waals surface area contributed by atoms with E-state index in [9.17, 15) is 4.79 Å². The van der Waals surface area contributed by atoms with Gasteiger partial charge in [0, 0.05) is 11.6 Å². The predicted molar refractivity (Wildman–Crippen MR) is 78.8 cm³/mol. The highest BCUT2D eigenvalue weighted by atomic mass is 35.5. The van der Waals surface area contributed by atoms with Crippen LogP contribution in [0.15, 0.2) is 59.5 Å². The Labute approximate surface area is 115 Å². The summed E-state index contributed by atoms with van der Waals surface area (Å²) >= 11 is 5.86. The minimum atomic E-state index is -0.120. The van der Waals surface area contributed by atoms with Gasteiger partial charge in [-0.15, -0.1) is 0 Å². The van der Waals surface area contributed by atoms with Crippen molar-refractivity contribution in [2.45, 2.75) is 6.42 Å². The molecular weight excluding hydrogens is 258 g/mol. The topological polar surface area (TPSA) is 32.9 Å². The first-order chi connectivity index (χ1) is 9.25. The van der Waals surface area contributed by atoms with Crippen molar-refractivity contribution in [3.05, 3.63) is 81.1 Å². The molecule has 0 aliphatic rings. The molecule has 1 heterocycles. The van der Waals surface area contributed by atoms with E-state index in [1.165, 1.54) is 5.56 Å². The van der Waals surface area contributed by atoms with Crippen molar-refractivity contribution in [1.29, 1.82) is 0 Å². The van der Waals surface area contributed by atoms with Crippen LogP contribution in [0.3, 0.4) is 0 Å². The SMILES string of the molecule is O=c1c(Cl)c[nH]c2c(Cc3ccccc3)cccc12. The molecule has 0 atom stereocenters. The first kappa shape index (κ1) is 12.0. The number of benzene rings is 2. The number of rotatable bonds is 2. The molecule has 0 bridgehead atoms. The average molecular weight is 270 g/mol. The molecule has 1 aromatic heterocycles. The van der Waals surface area contributed by atoms with Gasteiger partial charge in [0.15, 0.2) is 0 Å². The number of hydrogen-bond donors (Lipinski definition) is 1. The molecule has 0 saturated heterocycles. The average Bonchev–Trinajstić information content (AvgIpc) is 2.45. The van der Waals surface area contributed by atoms with Gasteiger partial charge < -0.3 is 4.98 Å². The van der Waals surface area contributed by atoms with Crippen LogP contribution in [0.1, 0.15) is 11.1 Å². The van der Waals surface area contributed by atoms with Crippen molar-refractivity contribution >= 4 is 22.5 Å². The molecule has 1 N–H and O–H groups in total. The molecule has 0 aliphatic carbocycles. The quantitative estimate of drug-likeness (QED) is 0.755. The predicted octanol–water partition coefficient (Wildman–Crippen LogP) is 3.77. The molecule has 0 amide bonds. The van der Waals surface area contributed by atoms with Crippen molar-refractivity contribution in [2.75, 3.05) is 0 Å². The highest BCUT2D eigenvalue weighted by Gasteiger charge is 2.07. The van der Waals surface area contributed by atoms with Gasteiger partial charge in [0.1, 0.15) is 5.02 Å². The number of aromatic amines is 1. The number of para-hydroxylation sites is 1.